The highest BCUT2D eigenvalue weighted by molar-refractivity contribution is 5.91. The third-order valence-electron chi connectivity index (χ3n) is 5.25. The summed E-state index contributed by atoms with van der Waals surface area (Å²) < 4.78 is 6.15. The van der Waals surface area contributed by atoms with Crippen molar-refractivity contribution >= 4 is 17.7 Å². The van der Waals surface area contributed by atoms with Crippen LogP contribution in [0.5, 0.6) is 0 Å². The highest BCUT2D eigenvalue weighted by Crippen LogP contribution is 2.43. The molecule has 2 aliphatic rings. The first-order valence-corrected chi connectivity index (χ1v) is 8.71. The fraction of sp³-hybridized carbons (Fsp3) is 0.286. The van der Waals surface area contributed by atoms with E-state index in [1.54, 1.807) is 6.08 Å². The molecule has 0 aromatic heterocycles. The number of nitrogen functional groups attached to an aromatic ring is 1. The van der Waals surface area contributed by atoms with Gasteiger partial charge in [0.1, 0.15) is 0 Å². The number of carbonyl (C=O) groups excluding carboxylic acids is 1. The topological polar surface area (TPSA) is 55.6 Å². The molecule has 1 saturated heterocycles. The van der Waals surface area contributed by atoms with Gasteiger partial charge in [0, 0.05) is 24.9 Å². The van der Waals surface area contributed by atoms with Crippen LogP contribution in [0.15, 0.2) is 54.6 Å². The van der Waals surface area contributed by atoms with Crippen molar-refractivity contribution < 1.29 is 9.53 Å². The number of hydrogen-bond acceptors (Lipinski definition) is 3. The van der Waals surface area contributed by atoms with Gasteiger partial charge in [-0.05, 0) is 47.7 Å². The Hall–Kier alpha value is -2.59. The molecule has 1 amide bonds. The van der Waals surface area contributed by atoms with Gasteiger partial charge in [0.2, 0.25) is 5.91 Å². The molecule has 0 bridgehead atoms. The Morgan fingerprint density at radius 1 is 1.08 bits per heavy atom. The summed E-state index contributed by atoms with van der Waals surface area (Å²) >= 11 is 0. The van der Waals surface area contributed by atoms with Gasteiger partial charge >= 0.3 is 0 Å². The van der Waals surface area contributed by atoms with Gasteiger partial charge in [-0.2, -0.15) is 0 Å². The highest BCUT2D eigenvalue weighted by atomic mass is 16.5. The van der Waals surface area contributed by atoms with Crippen molar-refractivity contribution in [3.8, 4) is 0 Å². The van der Waals surface area contributed by atoms with Gasteiger partial charge in [0.15, 0.2) is 0 Å². The van der Waals surface area contributed by atoms with Crippen LogP contribution in [0.25, 0.3) is 6.08 Å². The number of rotatable bonds is 2. The van der Waals surface area contributed by atoms with Crippen molar-refractivity contribution in [3.63, 3.8) is 0 Å². The van der Waals surface area contributed by atoms with E-state index < -0.39 is 0 Å². The van der Waals surface area contributed by atoms with Crippen LogP contribution in [0.4, 0.5) is 5.69 Å². The fourth-order valence-electron chi connectivity index (χ4n) is 3.77. The second kappa shape index (κ2) is 6.37. The molecule has 0 atom stereocenters. The van der Waals surface area contributed by atoms with Gasteiger partial charge < -0.3 is 15.4 Å². The predicted molar refractivity (Wildman–Crippen MR) is 98.6 cm³/mol. The van der Waals surface area contributed by atoms with Crippen molar-refractivity contribution in [1.82, 2.24) is 4.90 Å². The third-order valence-corrected chi connectivity index (χ3v) is 5.25. The summed E-state index contributed by atoms with van der Waals surface area (Å²) in [5.74, 6) is 0.0537. The van der Waals surface area contributed by atoms with Crippen LogP contribution in [0.1, 0.15) is 29.5 Å². The Morgan fingerprint density at radius 2 is 1.80 bits per heavy atom. The second-order valence-electron chi connectivity index (χ2n) is 6.77. The molecule has 0 radical (unpaired) electrons. The average molecular weight is 334 g/mol. The quantitative estimate of drug-likeness (QED) is 0.677. The molecule has 0 aliphatic carbocycles. The number of nitrogens with zero attached hydrogens (tertiary/aromatic N) is 1. The smallest absolute Gasteiger partial charge is 0.246 e. The summed E-state index contributed by atoms with van der Waals surface area (Å²) in [5.41, 5.74) is 9.77. The molecule has 2 aromatic carbocycles. The van der Waals surface area contributed by atoms with Crippen LogP contribution in [0.2, 0.25) is 0 Å². The molecular formula is C21H22N2O2. The Morgan fingerprint density at radius 3 is 2.56 bits per heavy atom. The molecule has 2 heterocycles. The molecule has 2 aliphatic heterocycles. The molecule has 25 heavy (non-hydrogen) atoms. The number of likely N-dealkylation sites (tertiary alicyclic amines) is 1. The Kier molecular flexibility index (Phi) is 4.06. The largest absolute Gasteiger partial charge is 0.399 e. The van der Waals surface area contributed by atoms with E-state index in [1.165, 1.54) is 11.1 Å². The minimum atomic E-state index is -0.200. The molecule has 2 N–H and O–H groups in total. The summed E-state index contributed by atoms with van der Waals surface area (Å²) in [7, 11) is 0. The molecule has 4 nitrogen and oxygen atoms in total. The maximum atomic E-state index is 12.5. The average Bonchev–Trinajstić information content (AvgIpc) is 3.00. The third kappa shape index (κ3) is 3.05. The maximum Gasteiger partial charge on any atom is 0.246 e. The number of benzene rings is 2. The SMILES string of the molecule is Nc1ccc(/C=C/C(=O)N2CCC3(CC2)OCc2ccccc23)cc1. The molecule has 128 valence electrons. The van der Waals surface area contributed by atoms with E-state index in [0.29, 0.717) is 6.61 Å². The number of fused-ring (bicyclic) bond motifs is 2. The van der Waals surface area contributed by atoms with Gasteiger partial charge in [-0.15, -0.1) is 0 Å². The molecule has 2 aromatic rings. The molecule has 1 fully saturated rings. The fourth-order valence-corrected chi connectivity index (χ4v) is 3.77. The summed E-state index contributed by atoms with van der Waals surface area (Å²) in [4.78, 5) is 14.4. The number of nitrogens with two attached hydrogens (primary N) is 1. The van der Waals surface area contributed by atoms with Crippen molar-refractivity contribution in [2.75, 3.05) is 18.8 Å². The summed E-state index contributed by atoms with van der Waals surface area (Å²) in [6.07, 6.45) is 5.19. The number of piperidine rings is 1. The zero-order valence-corrected chi connectivity index (χ0v) is 14.2. The van der Waals surface area contributed by atoms with E-state index in [-0.39, 0.29) is 11.5 Å². The zero-order valence-electron chi connectivity index (χ0n) is 14.2. The zero-order chi connectivity index (χ0) is 17.3. The van der Waals surface area contributed by atoms with Crippen LogP contribution in [-0.4, -0.2) is 23.9 Å². The van der Waals surface area contributed by atoms with Crippen LogP contribution in [0.3, 0.4) is 0 Å². The lowest BCUT2D eigenvalue weighted by molar-refractivity contribution is -0.133. The highest BCUT2D eigenvalue weighted by Gasteiger charge is 2.42. The first-order chi connectivity index (χ1) is 12.2. The molecule has 0 saturated carbocycles. The lowest BCUT2D eigenvalue weighted by atomic mass is 9.84. The summed E-state index contributed by atoms with van der Waals surface area (Å²) in [6, 6.07) is 15.9. The normalized spacial score (nSPS) is 18.6. The number of amides is 1. The summed E-state index contributed by atoms with van der Waals surface area (Å²) in [6.45, 7) is 2.12. The van der Waals surface area contributed by atoms with Gasteiger partial charge in [0.25, 0.3) is 0 Å². The predicted octanol–water partition coefficient (Wildman–Crippen LogP) is 3.33. The Bertz CT molecular complexity index is 803. The number of carbonyl (C=O) groups is 1. The van der Waals surface area contributed by atoms with Crippen molar-refractivity contribution in [2.24, 2.45) is 0 Å². The van der Waals surface area contributed by atoms with E-state index in [9.17, 15) is 4.79 Å². The van der Waals surface area contributed by atoms with Crippen molar-refractivity contribution in [3.05, 3.63) is 71.3 Å². The van der Waals surface area contributed by atoms with E-state index >= 15 is 0 Å². The van der Waals surface area contributed by atoms with Crippen molar-refractivity contribution in [2.45, 2.75) is 25.0 Å². The number of anilines is 1. The lowest BCUT2D eigenvalue weighted by Crippen LogP contribution is -2.44. The Balaban J connectivity index is 1.40. The molecule has 4 rings (SSSR count). The van der Waals surface area contributed by atoms with Gasteiger partial charge in [-0.25, -0.2) is 0 Å². The van der Waals surface area contributed by atoms with Crippen LogP contribution >= 0.6 is 0 Å². The van der Waals surface area contributed by atoms with E-state index in [4.69, 9.17) is 10.5 Å². The van der Waals surface area contributed by atoms with Gasteiger partial charge in [0.05, 0.1) is 12.2 Å². The first-order valence-electron chi connectivity index (χ1n) is 8.71. The number of hydrogen-bond donors (Lipinski definition) is 1. The van der Waals surface area contributed by atoms with E-state index in [0.717, 1.165) is 37.2 Å². The van der Waals surface area contributed by atoms with Gasteiger partial charge in [-0.3, -0.25) is 4.79 Å². The van der Waals surface area contributed by atoms with Gasteiger partial charge in [-0.1, -0.05) is 36.4 Å². The van der Waals surface area contributed by atoms with E-state index in [2.05, 4.69) is 24.3 Å². The lowest BCUT2D eigenvalue weighted by Gasteiger charge is -2.39. The standard InChI is InChI=1S/C21H22N2O2/c22-18-8-5-16(6-9-18)7-10-20(24)23-13-11-21(12-14-23)19-4-2-1-3-17(19)15-25-21/h1-10H,11-15,22H2/b10-7+. The van der Waals surface area contributed by atoms with E-state index in [1.807, 2.05) is 35.2 Å². The minimum Gasteiger partial charge on any atom is -0.399 e. The molecule has 4 heteroatoms. The summed E-state index contributed by atoms with van der Waals surface area (Å²) in [5, 5.41) is 0. The Labute approximate surface area is 147 Å². The van der Waals surface area contributed by atoms with Crippen LogP contribution in [0, 0.1) is 0 Å². The maximum absolute atomic E-state index is 12.5. The number of ether oxygens (including phenoxy) is 1. The van der Waals surface area contributed by atoms with Crippen LogP contribution in [-0.2, 0) is 21.7 Å². The molecule has 0 unspecified atom stereocenters. The molecule has 1 spiro atoms. The second-order valence-corrected chi connectivity index (χ2v) is 6.77. The monoisotopic (exact) mass is 334 g/mol. The minimum absolute atomic E-state index is 0.0537. The first kappa shape index (κ1) is 15.9. The van der Waals surface area contributed by atoms with Crippen LogP contribution < -0.4 is 5.73 Å². The van der Waals surface area contributed by atoms with Crippen molar-refractivity contribution in [1.29, 1.82) is 0 Å². The molecular weight excluding hydrogens is 312 g/mol.